The van der Waals surface area contributed by atoms with Gasteiger partial charge in [0.05, 0.1) is 19.3 Å². The van der Waals surface area contributed by atoms with Crippen LogP contribution in [0.5, 0.6) is 11.5 Å². The first kappa shape index (κ1) is 15.3. The summed E-state index contributed by atoms with van der Waals surface area (Å²) >= 11 is 0. The molecule has 0 aliphatic heterocycles. The van der Waals surface area contributed by atoms with Gasteiger partial charge < -0.3 is 15.2 Å². The van der Waals surface area contributed by atoms with Crippen molar-refractivity contribution in [2.24, 2.45) is 5.73 Å². The van der Waals surface area contributed by atoms with Crippen molar-refractivity contribution >= 4 is 0 Å². The molecule has 4 heteroatoms. The fourth-order valence-corrected chi connectivity index (χ4v) is 1.83. The van der Waals surface area contributed by atoms with Crippen LogP contribution in [0.2, 0.25) is 0 Å². The molecule has 1 aromatic rings. The van der Waals surface area contributed by atoms with Gasteiger partial charge >= 0.3 is 0 Å². The first-order chi connectivity index (χ1) is 9.19. The zero-order valence-corrected chi connectivity index (χ0v) is 11.7. The molecular weight excluding hydrogens is 240 g/mol. The molecule has 1 aromatic carbocycles. The van der Waals surface area contributed by atoms with Gasteiger partial charge in [-0.05, 0) is 38.3 Å². The molecule has 1 rings (SSSR count). The second-order valence-corrected chi connectivity index (χ2v) is 4.47. The first-order valence-electron chi connectivity index (χ1n) is 6.69. The van der Waals surface area contributed by atoms with Gasteiger partial charge in [0, 0.05) is 12.5 Å². The van der Waals surface area contributed by atoms with Gasteiger partial charge in [-0.25, -0.2) is 0 Å². The molecule has 0 saturated heterocycles. The summed E-state index contributed by atoms with van der Waals surface area (Å²) in [5, 5.41) is 8.53. The molecule has 104 valence electrons. The summed E-state index contributed by atoms with van der Waals surface area (Å²) in [5.74, 6) is 1.51. The summed E-state index contributed by atoms with van der Waals surface area (Å²) in [6.07, 6.45) is 1.96. The fraction of sp³-hybridized carbons (Fsp3) is 0.533. The molecule has 0 aliphatic rings. The Morgan fingerprint density at radius 3 is 2.79 bits per heavy atom. The molecule has 0 aliphatic carbocycles. The molecule has 0 heterocycles. The third kappa shape index (κ3) is 5.19. The molecule has 4 nitrogen and oxygen atoms in total. The molecule has 0 aromatic heterocycles. The van der Waals surface area contributed by atoms with Gasteiger partial charge in [0.2, 0.25) is 0 Å². The largest absolute Gasteiger partial charge is 0.490 e. The molecule has 0 spiro atoms. The molecule has 0 radical (unpaired) electrons. The number of hydrogen-bond acceptors (Lipinski definition) is 4. The van der Waals surface area contributed by atoms with Crippen molar-refractivity contribution in [1.82, 2.24) is 0 Å². The van der Waals surface area contributed by atoms with E-state index in [2.05, 4.69) is 6.07 Å². The van der Waals surface area contributed by atoms with Crippen molar-refractivity contribution < 1.29 is 9.47 Å². The van der Waals surface area contributed by atoms with Crippen LogP contribution in [0.4, 0.5) is 0 Å². The standard InChI is InChI=1S/C15H22N2O2/c1-3-18-14-8-6-7-13(11-12(2)17)15(14)19-10-5-4-9-16/h6-8,12H,3-5,10-11,17H2,1-2H3. The molecule has 2 N–H and O–H groups in total. The van der Waals surface area contributed by atoms with Gasteiger partial charge in [-0.2, -0.15) is 5.26 Å². The van der Waals surface area contributed by atoms with Crippen LogP contribution < -0.4 is 15.2 Å². The zero-order valence-electron chi connectivity index (χ0n) is 11.7. The number of nitrogens with two attached hydrogens (primary N) is 1. The minimum absolute atomic E-state index is 0.0679. The van der Waals surface area contributed by atoms with Gasteiger partial charge in [0.1, 0.15) is 0 Å². The van der Waals surface area contributed by atoms with Crippen LogP contribution >= 0.6 is 0 Å². The number of benzene rings is 1. The Balaban J connectivity index is 2.83. The number of rotatable bonds is 8. The van der Waals surface area contributed by atoms with Crippen LogP contribution in [0.25, 0.3) is 0 Å². The van der Waals surface area contributed by atoms with Crippen molar-refractivity contribution in [3.05, 3.63) is 23.8 Å². The number of hydrogen-bond donors (Lipinski definition) is 1. The summed E-state index contributed by atoms with van der Waals surface area (Å²) in [6.45, 7) is 5.02. The number of nitrogens with zero attached hydrogens (tertiary/aromatic N) is 1. The molecule has 1 atom stereocenters. The Morgan fingerprint density at radius 1 is 1.37 bits per heavy atom. The molecule has 0 amide bonds. The normalized spacial score (nSPS) is 11.7. The van der Waals surface area contributed by atoms with E-state index < -0.39 is 0 Å². The van der Waals surface area contributed by atoms with E-state index in [4.69, 9.17) is 20.5 Å². The average molecular weight is 262 g/mol. The fourth-order valence-electron chi connectivity index (χ4n) is 1.83. The molecule has 0 fully saturated rings. The van der Waals surface area contributed by atoms with Crippen LogP contribution in [0.1, 0.15) is 32.3 Å². The van der Waals surface area contributed by atoms with Gasteiger partial charge in [-0.15, -0.1) is 0 Å². The second kappa shape index (κ2) is 8.39. The lowest BCUT2D eigenvalue weighted by Crippen LogP contribution is -2.18. The Bertz CT molecular complexity index is 425. The highest BCUT2D eigenvalue weighted by Gasteiger charge is 2.12. The van der Waals surface area contributed by atoms with Crippen LogP contribution in [0, 0.1) is 11.3 Å². The lowest BCUT2D eigenvalue weighted by Gasteiger charge is -2.16. The molecule has 0 bridgehead atoms. The number of unbranched alkanes of at least 4 members (excludes halogenated alkanes) is 1. The maximum absolute atomic E-state index is 8.53. The Hall–Kier alpha value is -1.73. The summed E-state index contributed by atoms with van der Waals surface area (Å²) in [7, 11) is 0. The number of para-hydroxylation sites is 1. The van der Waals surface area contributed by atoms with Crippen molar-refractivity contribution in [2.45, 2.75) is 39.2 Å². The van der Waals surface area contributed by atoms with Gasteiger partial charge in [0.25, 0.3) is 0 Å². The van der Waals surface area contributed by atoms with E-state index in [1.54, 1.807) is 0 Å². The van der Waals surface area contributed by atoms with Gasteiger partial charge in [-0.3, -0.25) is 0 Å². The van der Waals surface area contributed by atoms with Crippen molar-refractivity contribution in [3.63, 3.8) is 0 Å². The lowest BCUT2D eigenvalue weighted by atomic mass is 10.1. The van der Waals surface area contributed by atoms with E-state index in [0.717, 1.165) is 23.5 Å². The quantitative estimate of drug-likeness (QED) is 0.731. The van der Waals surface area contributed by atoms with E-state index >= 15 is 0 Å². The topological polar surface area (TPSA) is 68.3 Å². The SMILES string of the molecule is CCOc1cccc(CC(C)N)c1OCCCC#N. The summed E-state index contributed by atoms with van der Waals surface area (Å²) in [5.41, 5.74) is 6.91. The average Bonchev–Trinajstić information content (AvgIpc) is 2.37. The first-order valence-corrected chi connectivity index (χ1v) is 6.69. The van der Waals surface area contributed by atoms with Crippen LogP contribution in [-0.2, 0) is 6.42 Å². The van der Waals surface area contributed by atoms with E-state index in [1.807, 2.05) is 32.0 Å². The number of ether oxygens (including phenoxy) is 2. The Labute approximate surface area is 115 Å². The number of nitriles is 1. The Morgan fingerprint density at radius 2 is 2.16 bits per heavy atom. The molecule has 19 heavy (non-hydrogen) atoms. The second-order valence-electron chi connectivity index (χ2n) is 4.47. The molecular formula is C15H22N2O2. The third-order valence-electron chi connectivity index (χ3n) is 2.58. The highest BCUT2D eigenvalue weighted by Crippen LogP contribution is 2.32. The van der Waals surface area contributed by atoms with E-state index in [0.29, 0.717) is 26.1 Å². The maximum atomic E-state index is 8.53. The van der Waals surface area contributed by atoms with E-state index in [1.165, 1.54) is 0 Å². The minimum Gasteiger partial charge on any atom is -0.490 e. The van der Waals surface area contributed by atoms with Crippen molar-refractivity contribution in [1.29, 1.82) is 5.26 Å². The third-order valence-corrected chi connectivity index (χ3v) is 2.58. The van der Waals surface area contributed by atoms with Gasteiger partial charge in [-0.1, -0.05) is 12.1 Å². The minimum atomic E-state index is 0.0679. The van der Waals surface area contributed by atoms with Crippen LogP contribution in [-0.4, -0.2) is 19.3 Å². The summed E-state index contributed by atoms with van der Waals surface area (Å²) < 4.78 is 11.4. The predicted molar refractivity (Wildman–Crippen MR) is 75.3 cm³/mol. The summed E-state index contributed by atoms with van der Waals surface area (Å²) in [4.78, 5) is 0. The highest BCUT2D eigenvalue weighted by atomic mass is 16.5. The molecule has 0 saturated carbocycles. The van der Waals surface area contributed by atoms with Crippen LogP contribution in [0.15, 0.2) is 18.2 Å². The monoisotopic (exact) mass is 262 g/mol. The van der Waals surface area contributed by atoms with Crippen molar-refractivity contribution in [3.8, 4) is 17.6 Å². The summed E-state index contributed by atoms with van der Waals surface area (Å²) in [6, 6.07) is 8.03. The highest BCUT2D eigenvalue weighted by molar-refractivity contribution is 5.47. The van der Waals surface area contributed by atoms with E-state index in [-0.39, 0.29) is 6.04 Å². The molecule has 1 unspecified atom stereocenters. The van der Waals surface area contributed by atoms with Gasteiger partial charge in [0.15, 0.2) is 11.5 Å². The van der Waals surface area contributed by atoms with E-state index in [9.17, 15) is 0 Å². The maximum Gasteiger partial charge on any atom is 0.164 e. The lowest BCUT2D eigenvalue weighted by molar-refractivity contribution is 0.271. The Kier molecular flexibility index (Phi) is 6.76. The smallest absolute Gasteiger partial charge is 0.164 e. The van der Waals surface area contributed by atoms with Crippen molar-refractivity contribution in [2.75, 3.05) is 13.2 Å². The van der Waals surface area contributed by atoms with Crippen LogP contribution in [0.3, 0.4) is 0 Å². The zero-order chi connectivity index (χ0) is 14.1. The predicted octanol–water partition coefficient (Wildman–Crippen LogP) is 2.66.